The molecule has 1 aliphatic heterocycles. The van der Waals surface area contributed by atoms with E-state index >= 15 is 0 Å². The van der Waals surface area contributed by atoms with Gasteiger partial charge in [0.05, 0.1) is 4.70 Å². The number of anilines is 1. The summed E-state index contributed by atoms with van der Waals surface area (Å²) in [6, 6.07) is 13.3. The Morgan fingerprint density at radius 1 is 1.07 bits per heavy atom. The second-order valence-electron chi connectivity index (χ2n) is 6.70. The number of piperazine rings is 1. The van der Waals surface area contributed by atoms with Gasteiger partial charge >= 0.3 is 6.03 Å². The van der Waals surface area contributed by atoms with Crippen molar-refractivity contribution in [3.63, 3.8) is 0 Å². The van der Waals surface area contributed by atoms with Gasteiger partial charge in [-0.2, -0.15) is 4.37 Å². The lowest BCUT2D eigenvalue weighted by atomic mass is 10.2. The smallest absolute Gasteiger partial charge is 0.321 e. The maximum absolute atomic E-state index is 12.9. The Morgan fingerprint density at radius 3 is 2.54 bits per heavy atom. The van der Waals surface area contributed by atoms with Crippen LogP contribution in [0.4, 0.5) is 10.5 Å². The number of carbonyl (C=O) groups excluding carboxylic acids is 2. The highest BCUT2D eigenvalue weighted by Crippen LogP contribution is 2.24. The van der Waals surface area contributed by atoms with E-state index in [1.165, 1.54) is 11.5 Å². The second-order valence-corrected chi connectivity index (χ2v) is 8.36. The van der Waals surface area contributed by atoms with Crippen LogP contribution >= 0.6 is 27.5 Å². The average Bonchev–Trinajstić information content (AvgIpc) is 3.14. The zero-order chi connectivity index (χ0) is 19.7. The average molecular weight is 459 g/mol. The highest BCUT2D eigenvalue weighted by Gasteiger charge is 2.27. The van der Waals surface area contributed by atoms with Crippen LogP contribution in [0.5, 0.6) is 0 Å². The number of hydrogen-bond acceptors (Lipinski definition) is 4. The summed E-state index contributed by atoms with van der Waals surface area (Å²) in [6.45, 7) is 3.96. The van der Waals surface area contributed by atoms with E-state index in [-0.39, 0.29) is 11.9 Å². The quantitative estimate of drug-likeness (QED) is 0.620. The Hall–Kier alpha value is -2.45. The highest BCUT2D eigenvalue weighted by atomic mass is 79.9. The summed E-state index contributed by atoms with van der Waals surface area (Å²) in [5, 5.41) is 3.82. The Morgan fingerprint density at radius 2 is 1.79 bits per heavy atom. The van der Waals surface area contributed by atoms with Gasteiger partial charge in [0.15, 0.2) is 0 Å². The van der Waals surface area contributed by atoms with E-state index in [0.717, 1.165) is 25.8 Å². The molecule has 6 nitrogen and oxygen atoms in total. The molecule has 0 unspecified atom stereocenters. The van der Waals surface area contributed by atoms with Gasteiger partial charge in [-0.1, -0.05) is 34.1 Å². The van der Waals surface area contributed by atoms with Crippen molar-refractivity contribution in [3.8, 4) is 0 Å². The molecule has 28 heavy (non-hydrogen) atoms. The SMILES string of the molecule is Cc1cc(NC(=O)N2CCN(C(=O)c3nsc4ccccc34)CC2)ccc1Br. The number of halogens is 1. The summed E-state index contributed by atoms with van der Waals surface area (Å²) in [5.74, 6) is -0.0685. The van der Waals surface area contributed by atoms with E-state index in [1.807, 2.05) is 49.4 Å². The maximum atomic E-state index is 12.9. The molecule has 1 aromatic heterocycles. The van der Waals surface area contributed by atoms with Crippen LogP contribution < -0.4 is 5.32 Å². The first kappa shape index (κ1) is 18.9. The van der Waals surface area contributed by atoms with Crippen LogP contribution in [0.3, 0.4) is 0 Å². The summed E-state index contributed by atoms with van der Waals surface area (Å²) in [4.78, 5) is 28.9. The van der Waals surface area contributed by atoms with E-state index in [2.05, 4.69) is 25.6 Å². The van der Waals surface area contributed by atoms with E-state index in [4.69, 9.17) is 0 Å². The Labute approximate surface area is 175 Å². The first-order valence-electron chi connectivity index (χ1n) is 8.99. The number of fused-ring (bicyclic) bond motifs is 1. The standard InChI is InChI=1S/C20H19BrN4O2S/c1-13-12-14(6-7-16(13)21)22-20(27)25-10-8-24(9-11-25)19(26)18-15-4-2-3-5-17(15)28-23-18/h2-7,12H,8-11H2,1H3,(H,22,27). The lowest BCUT2D eigenvalue weighted by Gasteiger charge is -2.34. The molecule has 0 radical (unpaired) electrons. The van der Waals surface area contributed by atoms with Gasteiger partial charge in [-0.05, 0) is 48.3 Å². The third-order valence-corrected chi connectivity index (χ3v) is 6.56. The minimum absolute atomic E-state index is 0.0685. The molecule has 0 bridgehead atoms. The van der Waals surface area contributed by atoms with E-state index in [9.17, 15) is 9.59 Å². The van der Waals surface area contributed by atoms with Gasteiger partial charge in [-0.3, -0.25) is 4.79 Å². The molecular weight excluding hydrogens is 440 g/mol. The van der Waals surface area contributed by atoms with E-state index in [0.29, 0.717) is 31.9 Å². The summed E-state index contributed by atoms with van der Waals surface area (Å²) in [5.41, 5.74) is 2.32. The molecule has 0 atom stereocenters. The van der Waals surface area contributed by atoms with Gasteiger partial charge in [0.25, 0.3) is 5.91 Å². The molecular formula is C20H19BrN4O2S. The van der Waals surface area contributed by atoms with Gasteiger partial charge in [-0.25, -0.2) is 4.79 Å². The van der Waals surface area contributed by atoms with Crippen LogP contribution in [0.25, 0.3) is 10.1 Å². The normalized spacial score (nSPS) is 14.4. The van der Waals surface area contributed by atoms with Gasteiger partial charge in [0.1, 0.15) is 5.69 Å². The highest BCUT2D eigenvalue weighted by molar-refractivity contribution is 9.10. The molecule has 0 saturated carbocycles. The number of aromatic nitrogens is 1. The van der Waals surface area contributed by atoms with Crippen LogP contribution in [-0.2, 0) is 0 Å². The first-order valence-corrected chi connectivity index (χ1v) is 10.6. The Bertz CT molecular complexity index is 1040. The fraction of sp³-hybridized carbons (Fsp3) is 0.250. The van der Waals surface area contributed by atoms with Crippen LogP contribution in [0.2, 0.25) is 0 Å². The van der Waals surface area contributed by atoms with Gasteiger partial charge in [0, 0.05) is 41.7 Å². The number of benzene rings is 2. The van der Waals surface area contributed by atoms with E-state index in [1.54, 1.807) is 9.80 Å². The predicted molar refractivity (Wildman–Crippen MR) is 115 cm³/mol. The first-order chi connectivity index (χ1) is 13.5. The zero-order valence-corrected chi connectivity index (χ0v) is 17.7. The maximum Gasteiger partial charge on any atom is 0.321 e. The molecule has 2 aromatic carbocycles. The van der Waals surface area contributed by atoms with Crippen molar-refractivity contribution < 1.29 is 9.59 Å². The third kappa shape index (κ3) is 3.74. The van der Waals surface area contributed by atoms with Crippen molar-refractivity contribution in [3.05, 3.63) is 58.2 Å². The molecule has 1 N–H and O–H groups in total. The predicted octanol–water partition coefficient (Wildman–Crippen LogP) is 4.36. The lowest BCUT2D eigenvalue weighted by Crippen LogP contribution is -2.51. The van der Waals surface area contributed by atoms with Crippen molar-refractivity contribution in [2.24, 2.45) is 0 Å². The molecule has 0 aliphatic carbocycles. The van der Waals surface area contributed by atoms with Crippen molar-refractivity contribution in [2.75, 3.05) is 31.5 Å². The molecule has 3 amide bonds. The minimum atomic E-state index is -0.145. The van der Waals surface area contributed by atoms with Crippen LogP contribution in [-0.4, -0.2) is 52.3 Å². The fourth-order valence-corrected chi connectivity index (χ4v) is 4.24. The third-order valence-electron chi connectivity index (χ3n) is 4.84. The molecule has 4 rings (SSSR count). The summed E-state index contributed by atoms with van der Waals surface area (Å²) < 4.78 is 6.36. The van der Waals surface area contributed by atoms with Crippen LogP contribution in [0, 0.1) is 6.92 Å². The van der Waals surface area contributed by atoms with Crippen molar-refractivity contribution in [1.29, 1.82) is 0 Å². The number of nitrogens with one attached hydrogen (secondary N) is 1. The van der Waals surface area contributed by atoms with Crippen LogP contribution in [0.1, 0.15) is 16.1 Å². The van der Waals surface area contributed by atoms with Crippen molar-refractivity contribution >= 4 is 55.2 Å². The lowest BCUT2D eigenvalue weighted by molar-refractivity contribution is 0.0669. The number of rotatable bonds is 2. The molecule has 8 heteroatoms. The van der Waals surface area contributed by atoms with Crippen molar-refractivity contribution in [2.45, 2.75) is 6.92 Å². The van der Waals surface area contributed by atoms with Crippen molar-refractivity contribution in [1.82, 2.24) is 14.2 Å². The van der Waals surface area contributed by atoms with Crippen LogP contribution in [0.15, 0.2) is 46.9 Å². The number of aryl methyl sites for hydroxylation is 1. The summed E-state index contributed by atoms with van der Waals surface area (Å²) >= 11 is 4.80. The topological polar surface area (TPSA) is 65.5 Å². The Kier molecular flexibility index (Phi) is 5.32. The minimum Gasteiger partial charge on any atom is -0.334 e. The van der Waals surface area contributed by atoms with Gasteiger partial charge in [-0.15, -0.1) is 0 Å². The zero-order valence-electron chi connectivity index (χ0n) is 15.3. The fourth-order valence-electron chi connectivity index (χ4n) is 3.23. The van der Waals surface area contributed by atoms with Gasteiger partial charge < -0.3 is 15.1 Å². The number of carbonyl (C=O) groups is 2. The Balaban J connectivity index is 1.38. The number of urea groups is 1. The molecule has 1 aliphatic rings. The molecule has 1 fully saturated rings. The largest absolute Gasteiger partial charge is 0.334 e. The number of nitrogens with zero attached hydrogens (tertiary/aromatic N) is 3. The molecule has 2 heterocycles. The molecule has 3 aromatic rings. The molecule has 0 spiro atoms. The second kappa shape index (κ2) is 7.89. The molecule has 1 saturated heterocycles. The monoisotopic (exact) mass is 458 g/mol. The summed E-state index contributed by atoms with van der Waals surface area (Å²) in [6.07, 6.45) is 0. The summed E-state index contributed by atoms with van der Waals surface area (Å²) in [7, 11) is 0. The molecule has 144 valence electrons. The van der Waals surface area contributed by atoms with E-state index < -0.39 is 0 Å². The number of amides is 3. The van der Waals surface area contributed by atoms with Gasteiger partial charge in [0.2, 0.25) is 0 Å². The number of hydrogen-bond donors (Lipinski definition) is 1.